The lowest BCUT2D eigenvalue weighted by Gasteiger charge is -2.29. The molecule has 0 fully saturated rings. The number of para-hydroxylation sites is 2. The van der Waals surface area contributed by atoms with Gasteiger partial charge in [-0.3, -0.25) is 4.79 Å². The van der Waals surface area contributed by atoms with Gasteiger partial charge < -0.3 is 9.80 Å². The molecule has 3 aromatic rings. The van der Waals surface area contributed by atoms with Crippen molar-refractivity contribution in [2.45, 2.75) is 32.2 Å². The summed E-state index contributed by atoms with van der Waals surface area (Å²) in [5.41, 5.74) is 5.48. The summed E-state index contributed by atoms with van der Waals surface area (Å²) in [6, 6.07) is 20.9. The standard InChI is InChI=1S/C24H23N3O/c1-17-15-19-8-3-5-11-22(19)27(17)23-13-12-20(16-25-23)24(28)26-14-6-9-18-7-2-4-10-21(18)26/h2-5,7-8,10-13,16-17H,6,9,14-15H2,1H3. The summed E-state index contributed by atoms with van der Waals surface area (Å²) in [6.45, 7) is 2.97. The third-order valence-electron chi connectivity index (χ3n) is 5.80. The van der Waals surface area contributed by atoms with Crippen LogP contribution in [0.4, 0.5) is 17.2 Å². The van der Waals surface area contributed by atoms with E-state index in [9.17, 15) is 4.79 Å². The van der Waals surface area contributed by atoms with Gasteiger partial charge in [-0.25, -0.2) is 4.98 Å². The fourth-order valence-electron chi connectivity index (χ4n) is 4.47. The molecule has 4 heteroatoms. The average molecular weight is 369 g/mol. The normalized spacial score (nSPS) is 18.0. The fourth-order valence-corrected chi connectivity index (χ4v) is 4.47. The van der Waals surface area contributed by atoms with E-state index in [0.717, 1.165) is 37.3 Å². The zero-order valence-electron chi connectivity index (χ0n) is 16.0. The minimum atomic E-state index is 0.0288. The monoisotopic (exact) mass is 369 g/mol. The van der Waals surface area contributed by atoms with Crippen molar-refractivity contribution in [1.29, 1.82) is 0 Å². The van der Waals surface area contributed by atoms with Crippen LogP contribution in [0.5, 0.6) is 0 Å². The van der Waals surface area contributed by atoms with Crippen LogP contribution in [0.3, 0.4) is 0 Å². The molecule has 0 N–H and O–H groups in total. The number of pyridine rings is 1. The second-order valence-corrected chi connectivity index (χ2v) is 7.65. The highest BCUT2D eigenvalue weighted by atomic mass is 16.2. The summed E-state index contributed by atoms with van der Waals surface area (Å²) in [5.74, 6) is 0.925. The van der Waals surface area contributed by atoms with Gasteiger partial charge in [-0.05, 0) is 61.6 Å². The van der Waals surface area contributed by atoms with Crippen LogP contribution in [0.1, 0.15) is 34.8 Å². The molecule has 5 rings (SSSR count). The molecule has 3 heterocycles. The number of carbonyl (C=O) groups is 1. The van der Waals surface area contributed by atoms with Crippen molar-refractivity contribution >= 4 is 23.1 Å². The predicted molar refractivity (Wildman–Crippen MR) is 112 cm³/mol. The van der Waals surface area contributed by atoms with Gasteiger partial charge in [0.2, 0.25) is 0 Å². The van der Waals surface area contributed by atoms with Crippen molar-refractivity contribution in [2.24, 2.45) is 0 Å². The SMILES string of the molecule is CC1Cc2ccccc2N1c1ccc(C(=O)N2CCCc3ccccc32)cn1. The highest BCUT2D eigenvalue weighted by Gasteiger charge is 2.28. The number of hydrogen-bond donors (Lipinski definition) is 0. The third-order valence-corrected chi connectivity index (χ3v) is 5.80. The lowest BCUT2D eigenvalue weighted by molar-refractivity contribution is 0.0985. The Morgan fingerprint density at radius 1 is 0.964 bits per heavy atom. The number of carbonyl (C=O) groups excluding carboxylic acids is 1. The Bertz CT molecular complexity index is 1030. The molecule has 1 aromatic heterocycles. The summed E-state index contributed by atoms with van der Waals surface area (Å²) in [6.07, 6.45) is 4.77. The molecule has 0 spiro atoms. The summed E-state index contributed by atoms with van der Waals surface area (Å²) in [4.78, 5) is 21.9. The van der Waals surface area contributed by atoms with Gasteiger partial charge in [0.1, 0.15) is 5.82 Å². The van der Waals surface area contributed by atoms with Gasteiger partial charge in [0.15, 0.2) is 0 Å². The van der Waals surface area contributed by atoms with Crippen molar-refractivity contribution in [3.8, 4) is 0 Å². The fraction of sp³-hybridized carbons (Fsp3) is 0.250. The second-order valence-electron chi connectivity index (χ2n) is 7.65. The zero-order valence-corrected chi connectivity index (χ0v) is 16.0. The summed E-state index contributed by atoms with van der Waals surface area (Å²) < 4.78 is 0. The molecule has 0 bridgehead atoms. The van der Waals surface area contributed by atoms with Crippen LogP contribution in [0.2, 0.25) is 0 Å². The molecule has 1 unspecified atom stereocenters. The summed E-state index contributed by atoms with van der Waals surface area (Å²) >= 11 is 0. The number of hydrogen-bond acceptors (Lipinski definition) is 3. The van der Waals surface area contributed by atoms with Crippen LogP contribution < -0.4 is 9.80 Å². The van der Waals surface area contributed by atoms with Crippen LogP contribution in [0.15, 0.2) is 66.9 Å². The van der Waals surface area contributed by atoms with Gasteiger partial charge in [-0.2, -0.15) is 0 Å². The number of nitrogens with zero attached hydrogens (tertiary/aromatic N) is 3. The Morgan fingerprint density at radius 2 is 1.71 bits per heavy atom. The quantitative estimate of drug-likeness (QED) is 0.654. The Hall–Kier alpha value is -3.14. The van der Waals surface area contributed by atoms with E-state index in [4.69, 9.17) is 0 Å². The number of anilines is 3. The van der Waals surface area contributed by atoms with Crippen molar-refractivity contribution in [1.82, 2.24) is 4.98 Å². The lowest BCUT2D eigenvalue weighted by Crippen LogP contribution is -2.35. The first-order valence-corrected chi connectivity index (χ1v) is 9.95. The molecule has 0 saturated carbocycles. The largest absolute Gasteiger partial charge is 0.323 e. The minimum absolute atomic E-state index is 0.0288. The van der Waals surface area contributed by atoms with Gasteiger partial charge in [0.05, 0.1) is 5.56 Å². The van der Waals surface area contributed by atoms with Crippen LogP contribution >= 0.6 is 0 Å². The number of benzene rings is 2. The molecule has 1 atom stereocenters. The van der Waals surface area contributed by atoms with Crippen molar-refractivity contribution in [3.63, 3.8) is 0 Å². The molecule has 0 saturated heterocycles. The predicted octanol–water partition coefficient (Wildman–Crippen LogP) is 4.76. The maximum atomic E-state index is 13.1. The Balaban J connectivity index is 1.43. The summed E-state index contributed by atoms with van der Waals surface area (Å²) in [5, 5.41) is 0. The second kappa shape index (κ2) is 6.79. The molecule has 1 amide bonds. The maximum Gasteiger partial charge on any atom is 0.259 e. The molecule has 28 heavy (non-hydrogen) atoms. The van der Waals surface area contributed by atoms with E-state index < -0.39 is 0 Å². The van der Waals surface area contributed by atoms with Crippen molar-refractivity contribution in [2.75, 3.05) is 16.3 Å². The molecule has 2 aliphatic rings. The molecule has 140 valence electrons. The molecule has 4 nitrogen and oxygen atoms in total. The number of fused-ring (bicyclic) bond motifs is 2. The molecule has 0 radical (unpaired) electrons. The van der Waals surface area contributed by atoms with Gasteiger partial charge >= 0.3 is 0 Å². The van der Waals surface area contributed by atoms with Crippen LogP contribution in [0.25, 0.3) is 0 Å². The molecule has 2 aromatic carbocycles. The van der Waals surface area contributed by atoms with Crippen LogP contribution in [-0.2, 0) is 12.8 Å². The highest BCUT2D eigenvalue weighted by Crippen LogP contribution is 2.37. The number of aryl methyl sites for hydroxylation is 1. The number of rotatable bonds is 2. The van der Waals surface area contributed by atoms with Gasteiger partial charge in [0.25, 0.3) is 5.91 Å². The molecule has 2 aliphatic heterocycles. The van der Waals surface area contributed by atoms with E-state index in [1.165, 1.54) is 16.8 Å². The Labute approximate surface area is 165 Å². The molecule has 0 aliphatic carbocycles. The maximum absolute atomic E-state index is 13.1. The van der Waals surface area contributed by atoms with Crippen LogP contribution in [-0.4, -0.2) is 23.5 Å². The Morgan fingerprint density at radius 3 is 2.50 bits per heavy atom. The molecular weight excluding hydrogens is 346 g/mol. The summed E-state index contributed by atoms with van der Waals surface area (Å²) in [7, 11) is 0. The highest BCUT2D eigenvalue weighted by molar-refractivity contribution is 6.06. The van der Waals surface area contributed by atoms with E-state index in [1.54, 1.807) is 6.20 Å². The number of aromatic nitrogens is 1. The number of amides is 1. The van der Waals surface area contributed by atoms with Crippen LogP contribution in [0, 0.1) is 0 Å². The zero-order chi connectivity index (χ0) is 19.1. The first kappa shape index (κ1) is 17.0. The topological polar surface area (TPSA) is 36.4 Å². The third kappa shape index (κ3) is 2.76. The van der Waals surface area contributed by atoms with E-state index in [1.807, 2.05) is 35.2 Å². The van der Waals surface area contributed by atoms with E-state index >= 15 is 0 Å². The van der Waals surface area contributed by atoms with Crippen molar-refractivity contribution in [3.05, 3.63) is 83.6 Å². The smallest absolute Gasteiger partial charge is 0.259 e. The van der Waals surface area contributed by atoms with Gasteiger partial charge in [-0.1, -0.05) is 36.4 Å². The van der Waals surface area contributed by atoms with Crippen molar-refractivity contribution < 1.29 is 4.79 Å². The molecular formula is C24H23N3O. The van der Waals surface area contributed by atoms with E-state index in [0.29, 0.717) is 11.6 Å². The Kier molecular flexibility index (Phi) is 4.12. The first-order chi connectivity index (χ1) is 13.7. The van der Waals surface area contributed by atoms with Gasteiger partial charge in [-0.15, -0.1) is 0 Å². The van der Waals surface area contributed by atoms with Gasteiger partial charge in [0, 0.05) is 30.2 Å². The minimum Gasteiger partial charge on any atom is -0.323 e. The average Bonchev–Trinajstić information content (AvgIpc) is 3.08. The van der Waals surface area contributed by atoms with E-state index in [2.05, 4.69) is 47.1 Å². The lowest BCUT2D eigenvalue weighted by atomic mass is 10.0. The van der Waals surface area contributed by atoms with E-state index in [-0.39, 0.29) is 5.91 Å². The first-order valence-electron chi connectivity index (χ1n) is 9.95.